The number of para-hydroxylation sites is 1. The molecule has 1 amide bonds. The highest BCUT2D eigenvalue weighted by molar-refractivity contribution is 6.07. The first kappa shape index (κ1) is 20.0. The monoisotopic (exact) mass is 390 g/mol. The first-order valence-electron chi connectivity index (χ1n) is 9.20. The van der Waals surface area contributed by atoms with E-state index in [2.05, 4.69) is 21.6 Å². The van der Waals surface area contributed by atoms with Crippen LogP contribution in [-0.2, 0) is 4.74 Å². The Morgan fingerprint density at radius 1 is 1.03 bits per heavy atom. The molecular weight excluding hydrogens is 368 g/mol. The zero-order chi connectivity index (χ0) is 20.8. The lowest BCUT2D eigenvalue weighted by atomic mass is 10.1. The van der Waals surface area contributed by atoms with Crippen molar-refractivity contribution in [3.63, 3.8) is 0 Å². The van der Waals surface area contributed by atoms with Gasteiger partial charge in [-0.05, 0) is 55.8 Å². The molecule has 0 aliphatic carbocycles. The quantitative estimate of drug-likeness (QED) is 0.641. The third-order valence-electron chi connectivity index (χ3n) is 4.37. The Morgan fingerprint density at radius 3 is 2.48 bits per heavy atom. The number of hydrogen-bond acceptors (Lipinski definition) is 6. The molecule has 0 saturated carbocycles. The van der Waals surface area contributed by atoms with E-state index in [-0.39, 0.29) is 11.3 Å². The maximum atomic E-state index is 12.6. The van der Waals surface area contributed by atoms with Gasteiger partial charge in [0.2, 0.25) is 0 Å². The molecule has 29 heavy (non-hydrogen) atoms. The molecular formula is C22H22N4O3. The van der Waals surface area contributed by atoms with E-state index in [0.29, 0.717) is 18.1 Å². The molecule has 0 saturated heterocycles. The molecule has 0 aliphatic rings. The molecule has 1 aromatic heterocycles. The van der Waals surface area contributed by atoms with E-state index >= 15 is 0 Å². The van der Waals surface area contributed by atoms with Crippen LogP contribution >= 0.6 is 0 Å². The number of carbonyl (C=O) groups is 2. The Balaban J connectivity index is 1.80. The number of aryl methyl sites for hydroxylation is 1. The highest BCUT2D eigenvalue weighted by atomic mass is 16.5. The largest absolute Gasteiger partial charge is 0.465 e. The van der Waals surface area contributed by atoms with Crippen molar-refractivity contribution in [2.24, 2.45) is 0 Å². The fraction of sp³-hybridized carbons (Fsp3) is 0.182. The second kappa shape index (κ2) is 8.97. The maximum absolute atomic E-state index is 12.6. The average molecular weight is 390 g/mol. The normalized spacial score (nSPS) is 10.3. The summed E-state index contributed by atoms with van der Waals surface area (Å²) in [6.45, 7) is 4.76. The lowest BCUT2D eigenvalue weighted by molar-refractivity contribution is 0.0602. The topological polar surface area (TPSA) is 84.4 Å². The van der Waals surface area contributed by atoms with Crippen molar-refractivity contribution in [3.8, 4) is 0 Å². The predicted molar refractivity (Wildman–Crippen MR) is 112 cm³/mol. The van der Waals surface area contributed by atoms with E-state index in [1.165, 1.54) is 7.11 Å². The predicted octanol–water partition coefficient (Wildman–Crippen LogP) is 3.98. The summed E-state index contributed by atoms with van der Waals surface area (Å²) < 4.78 is 4.75. The molecule has 0 unspecified atom stereocenters. The van der Waals surface area contributed by atoms with Gasteiger partial charge in [0, 0.05) is 12.2 Å². The number of aromatic nitrogens is 2. The minimum atomic E-state index is -0.529. The standard InChI is InChI=1S/C22H22N4O3/c1-4-26(16-9-7-8-15(2)14-16)20-13-12-19(24-25-20)21(27)23-18-11-6-5-10-17(18)22(28)29-3/h5-14H,4H2,1-3H3,(H,23,27). The Hall–Kier alpha value is -3.74. The van der Waals surface area contributed by atoms with Crippen molar-refractivity contribution in [1.29, 1.82) is 0 Å². The van der Waals surface area contributed by atoms with Crippen LogP contribution in [0, 0.1) is 6.92 Å². The van der Waals surface area contributed by atoms with Gasteiger partial charge in [-0.3, -0.25) is 4.79 Å². The second-order valence-electron chi connectivity index (χ2n) is 6.35. The molecule has 148 valence electrons. The number of benzene rings is 2. The smallest absolute Gasteiger partial charge is 0.339 e. The molecule has 2 aromatic carbocycles. The van der Waals surface area contributed by atoms with Crippen LogP contribution in [-0.4, -0.2) is 35.7 Å². The van der Waals surface area contributed by atoms with Crippen molar-refractivity contribution in [2.45, 2.75) is 13.8 Å². The van der Waals surface area contributed by atoms with Crippen molar-refractivity contribution in [3.05, 3.63) is 77.5 Å². The molecule has 1 N–H and O–H groups in total. The molecule has 3 rings (SSSR count). The van der Waals surface area contributed by atoms with E-state index in [4.69, 9.17) is 4.74 Å². The van der Waals surface area contributed by atoms with Crippen molar-refractivity contribution >= 4 is 29.1 Å². The summed E-state index contributed by atoms with van der Waals surface area (Å²) in [7, 11) is 1.29. The van der Waals surface area contributed by atoms with Crippen LogP contribution in [0.5, 0.6) is 0 Å². The second-order valence-corrected chi connectivity index (χ2v) is 6.35. The Labute approximate surface area is 169 Å². The Morgan fingerprint density at radius 2 is 1.83 bits per heavy atom. The van der Waals surface area contributed by atoms with E-state index < -0.39 is 11.9 Å². The SMILES string of the molecule is CCN(c1cccc(C)c1)c1ccc(C(=O)Nc2ccccc2C(=O)OC)nn1. The number of amides is 1. The number of ether oxygens (including phenoxy) is 1. The van der Waals surface area contributed by atoms with Gasteiger partial charge in [-0.15, -0.1) is 10.2 Å². The number of methoxy groups -OCH3 is 1. The van der Waals surface area contributed by atoms with Crippen LogP contribution in [0.25, 0.3) is 0 Å². The number of hydrogen-bond donors (Lipinski definition) is 1. The van der Waals surface area contributed by atoms with Crippen LogP contribution in [0.3, 0.4) is 0 Å². The zero-order valence-corrected chi connectivity index (χ0v) is 16.5. The molecule has 0 fully saturated rings. The minimum Gasteiger partial charge on any atom is -0.465 e. The number of anilines is 3. The molecule has 7 heteroatoms. The van der Waals surface area contributed by atoms with Gasteiger partial charge >= 0.3 is 5.97 Å². The first-order valence-corrected chi connectivity index (χ1v) is 9.20. The number of nitrogens with zero attached hydrogens (tertiary/aromatic N) is 3. The fourth-order valence-corrected chi connectivity index (χ4v) is 2.93. The Kier molecular flexibility index (Phi) is 6.19. The molecule has 7 nitrogen and oxygen atoms in total. The van der Waals surface area contributed by atoms with Gasteiger partial charge in [-0.2, -0.15) is 0 Å². The molecule has 0 spiro atoms. The van der Waals surface area contributed by atoms with Gasteiger partial charge in [0.25, 0.3) is 5.91 Å². The van der Waals surface area contributed by atoms with Crippen LogP contribution in [0.15, 0.2) is 60.7 Å². The maximum Gasteiger partial charge on any atom is 0.339 e. The molecule has 3 aromatic rings. The third-order valence-corrected chi connectivity index (χ3v) is 4.37. The first-order chi connectivity index (χ1) is 14.0. The summed E-state index contributed by atoms with van der Waals surface area (Å²) in [4.78, 5) is 26.4. The van der Waals surface area contributed by atoms with E-state index in [1.807, 2.05) is 36.9 Å². The number of carbonyl (C=O) groups excluding carboxylic acids is 2. The van der Waals surface area contributed by atoms with Crippen LogP contribution in [0.2, 0.25) is 0 Å². The highest BCUT2D eigenvalue weighted by Gasteiger charge is 2.16. The van der Waals surface area contributed by atoms with Crippen LogP contribution in [0.4, 0.5) is 17.2 Å². The molecule has 0 bridgehead atoms. The van der Waals surface area contributed by atoms with Gasteiger partial charge in [-0.25, -0.2) is 4.79 Å². The summed E-state index contributed by atoms with van der Waals surface area (Å²) >= 11 is 0. The van der Waals surface area contributed by atoms with Gasteiger partial charge in [-0.1, -0.05) is 24.3 Å². The molecule has 0 aliphatic heterocycles. The van der Waals surface area contributed by atoms with E-state index in [9.17, 15) is 9.59 Å². The molecule has 0 atom stereocenters. The summed E-state index contributed by atoms with van der Waals surface area (Å²) in [5, 5.41) is 11.0. The number of esters is 1. The van der Waals surface area contributed by atoms with Gasteiger partial charge in [0.15, 0.2) is 11.5 Å². The molecule has 0 radical (unpaired) electrons. The summed E-state index contributed by atoms with van der Waals surface area (Å²) in [5.74, 6) is -0.345. The van der Waals surface area contributed by atoms with E-state index in [0.717, 1.165) is 11.3 Å². The summed E-state index contributed by atoms with van der Waals surface area (Å²) in [6.07, 6.45) is 0. The number of rotatable bonds is 6. The fourth-order valence-electron chi connectivity index (χ4n) is 2.93. The van der Waals surface area contributed by atoms with Crippen LogP contribution < -0.4 is 10.2 Å². The minimum absolute atomic E-state index is 0.147. The summed E-state index contributed by atoms with van der Waals surface area (Å²) in [5.41, 5.74) is 2.92. The highest BCUT2D eigenvalue weighted by Crippen LogP contribution is 2.24. The average Bonchev–Trinajstić information content (AvgIpc) is 2.74. The van der Waals surface area contributed by atoms with Gasteiger partial charge in [0.05, 0.1) is 18.4 Å². The lowest BCUT2D eigenvalue weighted by Crippen LogP contribution is -2.20. The number of nitrogens with one attached hydrogen (secondary N) is 1. The third kappa shape index (κ3) is 4.57. The van der Waals surface area contributed by atoms with Gasteiger partial charge in [0.1, 0.15) is 0 Å². The van der Waals surface area contributed by atoms with Crippen LogP contribution in [0.1, 0.15) is 33.3 Å². The Bertz CT molecular complexity index is 1020. The summed E-state index contributed by atoms with van der Waals surface area (Å²) in [6, 6.07) is 18.1. The zero-order valence-electron chi connectivity index (χ0n) is 16.5. The van der Waals surface area contributed by atoms with E-state index in [1.54, 1.807) is 36.4 Å². The molecule has 1 heterocycles. The van der Waals surface area contributed by atoms with Crippen molar-refractivity contribution in [2.75, 3.05) is 23.9 Å². The van der Waals surface area contributed by atoms with Gasteiger partial charge < -0.3 is 15.0 Å². The van der Waals surface area contributed by atoms with Crippen molar-refractivity contribution in [1.82, 2.24) is 10.2 Å². The van der Waals surface area contributed by atoms with Crippen molar-refractivity contribution < 1.29 is 14.3 Å². The lowest BCUT2D eigenvalue weighted by Gasteiger charge is -2.22.